The number of ether oxygens (including phenoxy) is 1. The number of rotatable bonds is 6. The van der Waals surface area contributed by atoms with Crippen LogP contribution >= 0.6 is 23.2 Å². The zero-order valence-electron chi connectivity index (χ0n) is 10.6. The first-order valence-electron chi connectivity index (χ1n) is 6.52. The van der Waals surface area contributed by atoms with E-state index in [1.807, 2.05) is 6.07 Å². The molecular weight excluding hydrogens is 269 g/mol. The summed E-state index contributed by atoms with van der Waals surface area (Å²) in [6.07, 6.45) is 3.87. The van der Waals surface area contributed by atoms with Gasteiger partial charge in [0.25, 0.3) is 0 Å². The molecule has 100 valence electrons. The van der Waals surface area contributed by atoms with Crippen LogP contribution in [0.3, 0.4) is 0 Å². The lowest BCUT2D eigenvalue weighted by molar-refractivity contribution is 0.179. The summed E-state index contributed by atoms with van der Waals surface area (Å²) >= 11 is 12.3. The van der Waals surface area contributed by atoms with Gasteiger partial charge >= 0.3 is 0 Å². The van der Waals surface area contributed by atoms with Gasteiger partial charge in [-0.25, -0.2) is 0 Å². The molecule has 2 nitrogen and oxygen atoms in total. The lowest BCUT2D eigenvalue weighted by Crippen LogP contribution is -2.20. The number of hydrogen-bond donors (Lipinski definition) is 1. The van der Waals surface area contributed by atoms with Gasteiger partial charge in [-0.2, -0.15) is 0 Å². The van der Waals surface area contributed by atoms with Crippen molar-refractivity contribution in [3.63, 3.8) is 0 Å². The van der Waals surface area contributed by atoms with E-state index in [2.05, 4.69) is 12.2 Å². The van der Waals surface area contributed by atoms with Gasteiger partial charge < -0.3 is 10.1 Å². The van der Waals surface area contributed by atoms with E-state index in [4.69, 9.17) is 27.9 Å². The molecule has 1 aliphatic carbocycles. The number of benzene rings is 1. The lowest BCUT2D eigenvalue weighted by Gasteiger charge is -2.26. The van der Waals surface area contributed by atoms with Crippen molar-refractivity contribution in [1.29, 1.82) is 0 Å². The summed E-state index contributed by atoms with van der Waals surface area (Å²) < 4.78 is 5.89. The van der Waals surface area contributed by atoms with Gasteiger partial charge in [0, 0.05) is 17.1 Å². The molecule has 1 aromatic rings. The molecule has 1 aliphatic rings. The standard InChI is InChI=1S/C14H19Cl2NO/c1-2-17-8-11-6-12(15)7-13(16)14(11)18-9-10-4-3-5-10/h6-7,10,17H,2-5,8-9H2,1H3. The van der Waals surface area contributed by atoms with Gasteiger partial charge in [0.1, 0.15) is 5.75 Å². The lowest BCUT2D eigenvalue weighted by atomic mass is 9.86. The number of nitrogens with one attached hydrogen (secondary N) is 1. The van der Waals surface area contributed by atoms with Crippen LogP contribution in [0.5, 0.6) is 5.75 Å². The van der Waals surface area contributed by atoms with Crippen molar-refractivity contribution in [2.75, 3.05) is 13.2 Å². The molecule has 4 heteroatoms. The van der Waals surface area contributed by atoms with Crippen LogP contribution in [0.15, 0.2) is 12.1 Å². The quantitative estimate of drug-likeness (QED) is 0.843. The molecule has 0 aromatic heterocycles. The fourth-order valence-electron chi connectivity index (χ4n) is 2.03. The van der Waals surface area contributed by atoms with Crippen LogP contribution in [-0.4, -0.2) is 13.2 Å². The Balaban J connectivity index is 2.08. The van der Waals surface area contributed by atoms with E-state index in [9.17, 15) is 0 Å². The molecule has 0 unspecified atom stereocenters. The van der Waals surface area contributed by atoms with Crippen molar-refractivity contribution in [3.8, 4) is 5.75 Å². The molecule has 1 aromatic carbocycles. The maximum absolute atomic E-state index is 6.22. The zero-order chi connectivity index (χ0) is 13.0. The molecule has 0 aliphatic heterocycles. The summed E-state index contributed by atoms with van der Waals surface area (Å²) in [5.74, 6) is 1.48. The fourth-order valence-corrected chi connectivity index (χ4v) is 2.62. The topological polar surface area (TPSA) is 21.3 Å². The molecule has 0 radical (unpaired) electrons. The van der Waals surface area contributed by atoms with E-state index in [1.165, 1.54) is 19.3 Å². The molecule has 18 heavy (non-hydrogen) atoms. The minimum absolute atomic E-state index is 0.606. The van der Waals surface area contributed by atoms with Crippen molar-refractivity contribution < 1.29 is 4.74 Å². The monoisotopic (exact) mass is 287 g/mol. The summed E-state index contributed by atoms with van der Waals surface area (Å²) in [6, 6.07) is 3.67. The van der Waals surface area contributed by atoms with Crippen molar-refractivity contribution in [3.05, 3.63) is 27.7 Å². The highest BCUT2D eigenvalue weighted by atomic mass is 35.5. The molecule has 1 fully saturated rings. The Morgan fingerprint density at radius 2 is 2.11 bits per heavy atom. The second kappa shape index (κ2) is 6.65. The van der Waals surface area contributed by atoms with E-state index in [1.54, 1.807) is 6.07 Å². The second-order valence-electron chi connectivity index (χ2n) is 4.76. The van der Waals surface area contributed by atoms with Gasteiger partial charge in [0.2, 0.25) is 0 Å². The van der Waals surface area contributed by atoms with Gasteiger partial charge in [0.05, 0.1) is 11.6 Å². The van der Waals surface area contributed by atoms with Crippen LogP contribution in [0, 0.1) is 5.92 Å². The second-order valence-corrected chi connectivity index (χ2v) is 5.61. The van der Waals surface area contributed by atoms with Gasteiger partial charge in [-0.1, -0.05) is 36.5 Å². The SMILES string of the molecule is CCNCc1cc(Cl)cc(Cl)c1OCC1CCC1. The van der Waals surface area contributed by atoms with E-state index in [0.717, 1.165) is 31.0 Å². The van der Waals surface area contributed by atoms with Crippen LogP contribution in [0.1, 0.15) is 31.7 Å². The first-order chi connectivity index (χ1) is 8.70. The van der Waals surface area contributed by atoms with Gasteiger partial charge in [-0.15, -0.1) is 0 Å². The molecule has 1 saturated carbocycles. The molecule has 0 atom stereocenters. The molecule has 0 saturated heterocycles. The molecule has 0 heterocycles. The molecular formula is C14H19Cl2NO. The Kier molecular flexibility index (Phi) is 5.16. The largest absolute Gasteiger partial charge is 0.491 e. The van der Waals surface area contributed by atoms with E-state index in [0.29, 0.717) is 16.0 Å². The predicted molar refractivity (Wildman–Crippen MR) is 76.7 cm³/mol. The minimum atomic E-state index is 0.606. The summed E-state index contributed by atoms with van der Waals surface area (Å²) in [7, 11) is 0. The Morgan fingerprint density at radius 3 is 2.72 bits per heavy atom. The van der Waals surface area contributed by atoms with E-state index < -0.39 is 0 Å². The average Bonchev–Trinajstić information content (AvgIpc) is 2.26. The zero-order valence-corrected chi connectivity index (χ0v) is 12.2. The van der Waals surface area contributed by atoms with E-state index >= 15 is 0 Å². The summed E-state index contributed by atoms with van der Waals surface area (Å²) in [6.45, 7) is 4.48. The van der Waals surface area contributed by atoms with Crippen molar-refractivity contribution in [1.82, 2.24) is 5.32 Å². The van der Waals surface area contributed by atoms with Crippen molar-refractivity contribution >= 4 is 23.2 Å². The maximum Gasteiger partial charge on any atom is 0.142 e. The van der Waals surface area contributed by atoms with Crippen LogP contribution in [-0.2, 0) is 6.54 Å². The Labute approximate surface area is 119 Å². The first kappa shape index (κ1) is 14.0. The number of hydrogen-bond acceptors (Lipinski definition) is 2. The van der Waals surface area contributed by atoms with E-state index in [-0.39, 0.29) is 0 Å². The highest BCUT2D eigenvalue weighted by Crippen LogP contribution is 2.34. The Morgan fingerprint density at radius 1 is 1.33 bits per heavy atom. The normalized spacial score (nSPS) is 15.5. The third-order valence-electron chi connectivity index (χ3n) is 3.34. The Hall–Kier alpha value is -0.440. The Bertz CT molecular complexity index is 405. The molecule has 2 rings (SSSR count). The molecule has 1 N–H and O–H groups in total. The highest BCUT2D eigenvalue weighted by molar-refractivity contribution is 6.35. The summed E-state index contributed by atoms with van der Waals surface area (Å²) in [4.78, 5) is 0. The first-order valence-corrected chi connectivity index (χ1v) is 7.27. The molecule has 0 spiro atoms. The molecule has 0 bridgehead atoms. The van der Waals surface area contributed by atoms with Crippen LogP contribution in [0.4, 0.5) is 0 Å². The third kappa shape index (κ3) is 3.53. The fraction of sp³-hybridized carbons (Fsp3) is 0.571. The summed E-state index contributed by atoms with van der Waals surface area (Å²) in [5, 5.41) is 4.54. The van der Waals surface area contributed by atoms with Gasteiger partial charge in [0.15, 0.2) is 0 Å². The maximum atomic E-state index is 6.22. The van der Waals surface area contributed by atoms with Crippen LogP contribution in [0.25, 0.3) is 0 Å². The van der Waals surface area contributed by atoms with Crippen molar-refractivity contribution in [2.45, 2.75) is 32.7 Å². The third-order valence-corrected chi connectivity index (χ3v) is 3.84. The highest BCUT2D eigenvalue weighted by Gasteiger charge is 2.19. The van der Waals surface area contributed by atoms with Gasteiger partial charge in [-0.3, -0.25) is 0 Å². The number of halogens is 2. The van der Waals surface area contributed by atoms with Crippen LogP contribution in [0.2, 0.25) is 10.0 Å². The molecule has 0 amide bonds. The van der Waals surface area contributed by atoms with Crippen molar-refractivity contribution in [2.24, 2.45) is 5.92 Å². The van der Waals surface area contributed by atoms with Gasteiger partial charge in [-0.05, 0) is 37.4 Å². The summed E-state index contributed by atoms with van der Waals surface area (Å²) in [5.41, 5.74) is 1.04. The van der Waals surface area contributed by atoms with Crippen LogP contribution < -0.4 is 10.1 Å². The predicted octanol–water partition coefficient (Wildman–Crippen LogP) is 4.28. The minimum Gasteiger partial charge on any atom is -0.491 e. The average molecular weight is 288 g/mol. The smallest absolute Gasteiger partial charge is 0.142 e.